The van der Waals surface area contributed by atoms with Crippen LogP contribution in [-0.2, 0) is 6.67 Å². The second-order valence-electron chi connectivity index (χ2n) is 4.07. The highest BCUT2D eigenvalue weighted by Gasteiger charge is 2.16. The third-order valence-electron chi connectivity index (χ3n) is 3.06. The van der Waals surface area contributed by atoms with Crippen molar-refractivity contribution in [3.63, 3.8) is 0 Å². The van der Waals surface area contributed by atoms with Gasteiger partial charge in [0.1, 0.15) is 5.52 Å². The van der Waals surface area contributed by atoms with Gasteiger partial charge in [-0.25, -0.2) is 4.68 Å². The summed E-state index contributed by atoms with van der Waals surface area (Å²) < 4.78 is 1.92. The number of nitrogens with one attached hydrogen (secondary N) is 1. The maximum Gasteiger partial charge on any atom is 0.113 e. The Labute approximate surface area is 88.3 Å². The van der Waals surface area contributed by atoms with Gasteiger partial charge < -0.3 is 0 Å². The smallest absolute Gasteiger partial charge is 0.113 e. The molecule has 1 N–H and O–H groups in total. The van der Waals surface area contributed by atoms with Crippen molar-refractivity contribution in [1.29, 1.82) is 0 Å². The van der Waals surface area contributed by atoms with E-state index >= 15 is 0 Å². The molecule has 1 aromatic heterocycles. The van der Waals surface area contributed by atoms with Crippen LogP contribution in [0.15, 0.2) is 24.3 Å². The van der Waals surface area contributed by atoms with Crippen molar-refractivity contribution >= 4 is 11.0 Å². The summed E-state index contributed by atoms with van der Waals surface area (Å²) in [5.74, 6) is 0. The maximum atomic E-state index is 4.13. The summed E-state index contributed by atoms with van der Waals surface area (Å²) in [5.41, 5.74) is 2.07. The lowest BCUT2D eigenvalue weighted by molar-refractivity contribution is 0.309. The van der Waals surface area contributed by atoms with Crippen LogP contribution in [0, 0.1) is 0 Å². The summed E-state index contributed by atoms with van der Waals surface area (Å²) in [6.07, 6.45) is 3.95. The van der Waals surface area contributed by atoms with Crippen LogP contribution >= 0.6 is 0 Å². The highest BCUT2D eigenvalue weighted by atomic mass is 15.5. The molecule has 3 rings (SSSR count). The van der Waals surface area contributed by atoms with Gasteiger partial charge in [-0.2, -0.15) is 0 Å². The number of fused-ring (bicyclic) bond motifs is 1. The summed E-state index contributed by atoms with van der Waals surface area (Å²) in [7, 11) is 0. The molecule has 0 bridgehead atoms. The SMILES string of the molecule is c1ccc2c(c1)nnn2CNC1CCC1. The van der Waals surface area contributed by atoms with Crippen LogP contribution in [0.3, 0.4) is 0 Å². The van der Waals surface area contributed by atoms with Crippen LogP contribution in [0.1, 0.15) is 19.3 Å². The molecular weight excluding hydrogens is 188 g/mol. The van der Waals surface area contributed by atoms with Crippen LogP contribution in [0.5, 0.6) is 0 Å². The Bertz CT molecular complexity index is 458. The van der Waals surface area contributed by atoms with E-state index in [9.17, 15) is 0 Å². The first-order valence-electron chi connectivity index (χ1n) is 5.45. The normalized spacial score (nSPS) is 16.8. The van der Waals surface area contributed by atoms with Gasteiger partial charge in [0.15, 0.2) is 0 Å². The lowest BCUT2D eigenvalue weighted by Crippen LogP contribution is -2.36. The van der Waals surface area contributed by atoms with E-state index in [0.717, 1.165) is 17.7 Å². The van der Waals surface area contributed by atoms with Crippen LogP contribution < -0.4 is 5.32 Å². The highest BCUT2D eigenvalue weighted by molar-refractivity contribution is 5.73. The van der Waals surface area contributed by atoms with E-state index in [4.69, 9.17) is 0 Å². The van der Waals surface area contributed by atoms with Crippen molar-refractivity contribution in [1.82, 2.24) is 20.3 Å². The van der Waals surface area contributed by atoms with E-state index in [1.54, 1.807) is 0 Å². The molecule has 0 unspecified atom stereocenters. The van der Waals surface area contributed by atoms with Gasteiger partial charge in [-0.05, 0) is 25.0 Å². The molecule has 1 aliphatic carbocycles. The first kappa shape index (κ1) is 8.85. The Kier molecular flexibility index (Phi) is 2.14. The molecule has 1 heterocycles. The number of aromatic nitrogens is 3. The van der Waals surface area contributed by atoms with Crippen LogP contribution in [0.4, 0.5) is 0 Å². The molecule has 4 nitrogen and oxygen atoms in total. The zero-order chi connectivity index (χ0) is 10.1. The number of para-hydroxylation sites is 1. The number of rotatable bonds is 3. The monoisotopic (exact) mass is 202 g/mol. The summed E-state index contributed by atoms with van der Waals surface area (Å²) in [4.78, 5) is 0. The molecule has 0 atom stereocenters. The average molecular weight is 202 g/mol. The first-order chi connectivity index (χ1) is 7.43. The minimum atomic E-state index is 0.688. The van der Waals surface area contributed by atoms with Gasteiger partial charge in [-0.1, -0.05) is 23.8 Å². The van der Waals surface area contributed by atoms with Crippen molar-refractivity contribution in [2.24, 2.45) is 0 Å². The van der Waals surface area contributed by atoms with Crippen molar-refractivity contribution < 1.29 is 0 Å². The Morgan fingerprint density at radius 1 is 1.33 bits per heavy atom. The molecule has 1 aliphatic rings. The predicted molar refractivity (Wildman–Crippen MR) is 58.3 cm³/mol. The fourth-order valence-electron chi connectivity index (χ4n) is 1.86. The molecule has 0 radical (unpaired) electrons. The first-order valence-corrected chi connectivity index (χ1v) is 5.45. The molecule has 0 saturated heterocycles. The number of benzene rings is 1. The van der Waals surface area contributed by atoms with Gasteiger partial charge in [0.25, 0.3) is 0 Å². The Morgan fingerprint density at radius 3 is 3.00 bits per heavy atom. The Morgan fingerprint density at radius 2 is 2.20 bits per heavy atom. The maximum absolute atomic E-state index is 4.13. The zero-order valence-electron chi connectivity index (χ0n) is 8.56. The van der Waals surface area contributed by atoms with E-state index in [-0.39, 0.29) is 0 Å². The zero-order valence-corrected chi connectivity index (χ0v) is 8.56. The summed E-state index contributed by atoms with van der Waals surface area (Å²) in [6, 6.07) is 8.74. The minimum absolute atomic E-state index is 0.688. The van der Waals surface area contributed by atoms with Gasteiger partial charge in [-0.15, -0.1) is 5.10 Å². The van der Waals surface area contributed by atoms with Crippen LogP contribution in [0.2, 0.25) is 0 Å². The van der Waals surface area contributed by atoms with E-state index < -0.39 is 0 Å². The third kappa shape index (κ3) is 1.61. The largest absolute Gasteiger partial charge is 0.295 e. The summed E-state index contributed by atoms with van der Waals surface area (Å²) in [6.45, 7) is 0.769. The number of nitrogens with zero attached hydrogens (tertiary/aromatic N) is 3. The predicted octanol–water partition coefficient (Wildman–Crippen LogP) is 1.53. The molecular formula is C11H14N4. The van der Waals surface area contributed by atoms with E-state index in [1.807, 2.05) is 22.9 Å². The summed E-state index contributed by atoms with van der Waals surface area (Å²) >= 11 is 0. The second kappa shape index (κ2) is 3.62. The summed E-state index contributed by atoms with van der Waals surface area (Å²) in [5, 5.41) is 11.7. The molecule has 1 aromatic carbocycles. The molecule has 78 valence electrons. The van der Waals surface area contributed by atoms with Gasteiger partial charge in [-0.3, -0.25) is 5.32 Å². The van der Waals surface area contributed by atoms with Gasteiger partial charge in [0, 0.05) is 6.04 Å². The third-order valence-corrected chi connectivity index (χ3v) is 3.06. The lowest BCUT2D eigenvalue weighted by Gasteiger charge is -2.26. The van der Waals surface area contributed by atoms with Crippen molar-refractivity contribution in [3.8, 4) is 0 Å². The number of hydrogen-bond donors (Lipinski definition) is 1. The average Bonchev–Trinajstić information content (AvgIpc) is 2.60. The Balaban J connectivity index is 1.78. The van der Waals surface area contributed by atoms with Gasteiger partial charge in [0.2, 0.25) is 0 Å². The van der Waals surface area contributed by atoms with E-state index in [0.29, 0.717) is 6.04 Å². The van der Waals surface area contributed by atoms with Crippen molar-refractivity contribution in [3.05, 3.63) is 24.3 Å². The lowest BCUT2D eigenvalue weighted by atomic mass is 9.93. The molecule has 0 amide bonds. The topological polar surface area (TPSA) is 42.7 Å². The standard InChI is InChI=1S/C11H14N4/c1-2-7-11-10(6-1)13-14-15(11)8-12-9-4-3-5-9/h1-2,6-7,9,12H,3-5,8H2. The van der Waals surface area contributed by atoms with Crippen LogP contribution in [-0.4, -0.2) is 21.0 Å². The second-order valence-corrected chi connectivity index (χ2v) is 4.07. The molecule has 0 aliphatic heterocycles. The molecule has 1 saturated carbocycles. The quantitative estimate of drug-likeness (QED) is 0.820. The van der Waals surface area contributed by atoms with Crippen molar-refractivity contribution in [2.45, 2.75) is 32.0 Å². The fraction of sp³-hybridized carbons (Fsp3) is 0.455. The van der Waals surface area contributed by atoms with Crippen molar-refractivity contribution in [2.75, 3.05) is 0 Å². The van der Waals surface area contributed by atoms with E-state index in [2.05, 4.69) is 21.7 Å². The van der Waals surface area contributed by atoms with Gasteiger partial charge in [0.05, 0.1) is 12.2 Å². The number of hydrogen-bond acceptors (Lipinski definition) is 3. The molecule has 4 heteroatoms. The fourth-order valence-corrected chi connectivity index (χ4v) is 1.86. The van der Waals surface area contributed by atoms with Gasteiger partial charge >= 0.3 is 0 Å². The Hall–Kier alpha value is -1.42. The molecule has 1 fully saturated rings. The van der Waals surface area contributed by atoms with Crippen LogP contribution in [0.25, 0.3) is 11.0 Å². The minimum Gasteiger partial charge on any atom is -0.295 e. The molecule has 15 heavy (non-hydrogen) atoms. The van der Waals surface area contributed by atoms with E-state index in [1.165, 1.54) is 19.3 Å². The highest BCUT2D eigenvalue weighted by Crippen LogP contribution is 2.18. The molecule has 0 spiro atoms. The molecule has 2 aromatic rings.